The molecule has 7 heteroatoms. The summed E-state index contributed by atoms with van der Waals surface area (Å²) in [6, 6.07) is 13.9. The maximum atomic E-state index is 12.8. The highest BCUT2D eigenvalue weighted by molar-refractivity contribution is 6.30. The highest BCUT2D eigenvalue weighted by Crippen LogP contribution is 2.29. The Kier molecular flexibility index (Phi) is 5.52. The van der Waals surface area contributed by atoms with Gasteiger partial charge in [0, 0.05) is 28.6 Å². The Hall–Kier alpha value is -2.73. The van der Waals surface area contributed by atoms with E-state index in [4.69, 9.17) is 11.6 Å². The molecule has 28 heavy (non-hydrogen) atoms. The predicted octanol–water partition coefficient (Wildman–Crippen LogP) is 5.70. The van der Waals surface area contributed by atoms with Crippen LogP contribution in [0.1, 0.15) is 32.9 Å². The third kappa shape index (κ3) is 4.22. The predicted molar refractivity (Wildman–Crippen MR) is 103 cm³/mol. The van der Waals surface area contributed by atoms with Crippen LogP contribution < -0.4 is 5.32 Å². The lowest BCUT2D eigenvalue weighted by Crippen LogP contribution is -2.23. The topological polar surface area (TPSA) is 34.0 Å². The number of alkyl halides is 3. The highest BCUT2D eigenvalue weighted by atomic mass is 35.5. The molecule has 0 saturated heterocycles. The van der Waals surface area contributed by atoms with Crippen LogP contribution in [-0.2, 0) is 12.7 Å². The van der Waals surface area contributed by atoms with Gasteiger partial charge in [0.25, 0.3) is 5.91 Å². The number of carbonyl (C=O) groups is 1. The summed E-state index contributed by atoms with van der Waals surface area (Å²) < 4.78 is 40.4. The quantitative estimate of drug-likeness (QED) is 0.592. The minimum atomic E-state index is -4.41. The first-order chi connectivity index (χ1) is 13.2. The molecule has 1 amide bonds. The van der Waals surface area contributed by atoms with E-state index < -0.39 is 11.7 Å². The molecular formula is C21H18ClF3N2O. The van der Waals surface area contributed by atoms with Crippen molar-refractivity contribution < 1.29 is 18.0 Å². The molecule has 1 N–H and O–H groups in total. The van der Waals surface area contributed by atoms with Crippen molar-refractivity contribution in [3.63, 3.8) is 0 Å². The number of nitrogens with one attached hydrogen (secondary N) is 1. The van der Waals surface area contributed by atoms with Crippen molar-refractivity contribution in [2.45, 2.75) is 26.6 Å². The molecule has 1 aromatic heterocycles. The van der Waals surface area contributed by atoms with Crippen LogP contribution >= 0.6 is 11.6 Å². The molecule has 3 aromatic rings. The van der Waals surface area contributed by atoms with Crippen molar-refractivity contribution in [3.05, 3.63) is 87.7 Å². The van der Waals surface area contributed by atoms with Gasteiger partial charge in [0.1, 0.15) is 0 Å². The molecule has 146 valence electrons. The Balaban J connectivity index is 1.79. The Bertz CT molecular complexity index is 1010. The molecule has 0 saturated carbocycles. The van der Waals surface area contributed by atoms with Crippen LogP contribution in [0.4, 0.5) is 13.2 Å². The summed E-state index contributed by atoms with van der Waals surface area (Å²) in [5.74, 6) is -0.342. The van der Waals surface area contributed by atoms with Gasteiger partial charge in [-0.1, -0.05) is 23.7 Å². The normalized spacial score (nSPS) is 11.5. The van der Waals surface area contributed by atoms with Crippen LogP contribution in [0.2, 0.25) is 5.02 Å². The van der Waals surface area contributed by atoms with E-state index in [0.29, 0.717) is 16.1 Å². The van der Waals surface area contributed by atoms with Gasteiger partial charge in [0.05, 0.1) is 11.1 Å². The summed E-state index contributed by atoms with van der Waals surface area (Å²) in [5.41, 5.74) is 2.59. The molecule has 0 unspecified atom stereocenters. The van der Waals surface area contributed by atoms with Crippen molar-refractivity contribution in [1.29, 1.82) is 0 Å². The molecule has 0 aliphatic heterocycles. The zero-order valence-electron chi connectivity index (χ0n) is 15.3. The average Bonchev–Trinajstić information content (AvgIpc) is 2.94. The lowest BCUT2D eigenvalue weighted by molar-refractivity contribution is -0.137. The van der Waals surface area contributed by atoms with Gasteiger partial charge in [-0.25, -0.2) is 0 Å². The van der Waals surface area contributed by atoms with Crippen LogP contribution in [-0.4, -0.2) is 10.5 Å². The Morgan fingerprint density at radius 3 is 2.39 bits per heavy atom. The first kappa shape index (κ1) is 20.0. The number of aryl methyl sites for hydroxylation is 1. The fourth-order valence-electron chi connectivity index (χ4n) is 3.12. The van der Waals surface area contributed by atoms with E-state index in [-0.39, 0.29) is 12.5 Å². The maximum Gasteiger partial charge on any atom is 0.416 e. The van der Waals surface area contributed by atoms with Crippen molar-refractivity contribution in [2.24, 2.45) is 0 Å². The second-order valence-corrected chi connectivity index (χ2v) is 6.91. The lowest BCUT2D eigenvalue weighted by Gasteiger charge is -2.11. The standard InChI is InChI=1S/C21H18ClF3N2O/c1-13-10-19(14(2)27(13)18-8-6-17(22)7-9-18)20(28)26-12-15-4-3-5-16(11-15)21(23,24)25/h3-11H,12H2,1-2H3,(H,26,28). The zero-order valence-corrected chi connectivity index (χ0v) is 16.0. The second kappa shape index (κ2) is 7.72. The number of amides is 1. The van der Waals surface area contributed by atoms with Gasteiger partial charge >= 0.3 is 6.18 Å². The SMILES string of the molecule is Cc1cc(C(=O)NCc2cccc(C(F)(F)F)c2)c(C)n1-c1ccc(Cl)cc1. The Morgan fingerprint density at radius 1 is 1.07 bits per heavy atom. The monoisotopic (exact) mass is 406 g/mol. The summed E-state index contributed by atoms with van der Waals surface area (Å²) in [5, 5.41) is 3.31. The number of nitrogens with zero attached hydrogens (tertiary/aromatic N) is 1. The summed E-state index contributed by atoms with van der Waals surface area (Å²) in [4.78, 5) is 12.6. The summed E-state index contributed by atoms with van der Waals surface area (Å²) in [6.45, 7) is 3.71. The van der Waals surface area contributed by atoms with Gasteiger partial charge in [-0.05, 0) is 61.9 Å². The summed E-state index contributed by atoms with van der Waals surface area (Å²) >= 11 is 5.93. The molecule has 0 spiro atoms. The van der Waals surface area contributed by atoms with Crippen LogP contribution in [0.5, 0.6) is 0 Å². The number of halogens is 4. The van der Waals surface area contributed by atoms with E-state index >= 15 is 0 Å². The molecule has 1 heterocycles. The molecule has 0 radical (unpaired) electrons. The number of aromatic nitrogens is 1. The second-order valence-electron chi connectivity index (χ2n) is 6.48. The minimum absolute atomic E-state index is 0.00731. The van der Waals surface area contributed by atoms with E-state index in [1.54, 1.807) is 24.3 Å². The molecule has 0 aliphatic rings. The first-order valence-corrected chi connectivity index (χ1v) is 8.94. The molecule has 0 bridgehead atoms. The molecule has 2 aromatic carbocycles. The molecule has 0 atom stereocenters. The first-order valence-electron chi connectivity index (χ1n) is 8.56. The molecular weight excluding hydrogens is 389 g/mol. The summed E-state index contributed by atoms with van der Waals surface area (Å²) in [6.07, 6.45) is -4.41. The lowest BCUT2D eigenvalue weighted by atomic mass is 10.1. The van der Waals surface area contributed by atoms with Gasteiger partial charge < -0.3 is 9.88 Å². The number of hydrogen-bond donors (Lipinski definition) is 1. The van der Waals surface area contributed by atoms with E-state index in [0.717, 1.165) is 29.2 Å². The Labute approximate surface area is 165 Å². The van der Waals surface area contributed by atoms with E-state index in [9.17, 15) is 18.0 Å². The van der Waals surface area contributed by atoms with Crippen molar-refractivity contribution >= 4 is 17.5 Å². The number of carbonyl (C=O) groups excluding carboxylic acids is 1. The van der Waals surface area contributed by atoms with Gasteiger partial charge in [0.15, 0.2) is 0 Å². The molecule has 0 fully saturated rings. The molecule has 3 nitrogen and oxygen atoms in total. The number of rotatable bonds is 4. The van der Waals surface area contributed by atoms with Crippen molar-refractivity contribution in [1.82, 2.24) is 9.88 Å². The number of hydrogen-bond acceptors (Lipinski definition) is 1. The van der Waals surface area contributed by atoms with Gasteiger partial charge in [-0.2, -0.15) is 13.2 Å². The summed E-state index contributed by atoms with van der Waals surface area (Å²) in [7, 11) is 0. The minimum Gasteiger partial charge on any atom is -0.348 e. The van der Waals surface area contributed by atoms with Gasteiger partial charge in [-0.15, -0.1) is 0 Å². The number of benzene rings is 2. The third-order valence-electron chi connectivity index (χ3n) is 4.47. The van der Waals surface area contributed by atoms with Gasteiger partial charge in [-0.3, -0.25) is 4.79 Å². The largest absolute Gasteiger partial charge is 0.416 e. The maximum absolute atomic E-state index is 12.8. The fraction of sp³-hybridized carbons (Fsp3) is 0.190. The van der Waals surface area contributed by atoms with Crippen LogP contribution in [0.15, 0.2) is 54.6 Å². The van der Waals surface area contributed by atoms with Crippen LogP contribution in [0.25, 0.3) is 5.69 Å². The van der Waals surface area contributed by atoms with Crippen LogP contribution in [0, 0.1) is 13.8 Å². The molecule has 3 rings (SSSR count). The van der Waals surface area contributed by atoms with Crippen molar-refractivity contribution in [2.75, 3.05) is 0 Å². The highest BCUT2D eigenvalue weighted by Gasteiger charge is 2.30. The zero-order chi connectivity index (χ0) is 20.5. The van der Waals surface area contributed by atoms with Crippen molar-refractivity contribution in [3.8, 4) is 5.69 Å². The van der Waals surface area contributed by atoms with Gasteiger partial charge in [0.2, 0.25) is 0 Å². The smallest absolute Gasteiger partial charge is 0.348 e. The average molecular weight is 407 g/mol. The van der Waals surface area contributed by atoms with E-state index in [2.05, 4.69) is 5.32 Å². The molecule has 0 aliphatic carbocycles. The Morgan fingerprint density at radius 2 is 1.75 bits per heavy atom. The van der Waals surface area contributed by atoms with E-state index in [1.807, 2.05) is 30.5 Å². The van der Waals surface area contributed by atoms with Crippen LogP contribution in [0.3, 0.4) is 0 Å². The van der Waals surface area contributed by atoms with E-state index in [1.165, 1.54) is 6.07 Å². The third-order valence-corrected chi connectivity index (χ3v) is 4.72. The fourth-order valence-corrected chi connectivity index (χ4v) is 3.24.